The maximum atomic E-state index is 13.4. The summed E-state index contributed by atoms with van der Waals surface area (Å²) in [6, 6.07) is 12.6. The van der Waals surface area contributed by atoms with Gasteiger partial charge in [0.25, 0.3) is 0 Å². The zero-order chi connectivity index (χ0) is 21.5. The number of benzene rings is 2. The number of rotatable bonds is 3. The van der Waals surface area contributed by atoms with Crippen LogP contribution in [0.25, 0.3) is 10.8 Å². The monoisotopic (exact) mass is 435 g/mol. The fourth-order valence-electron chi connectivity index (χ4n) is 4.98. The molecule has 3 amide bonds. The predicted octanol–water partition coefficient (Wildman–Crippen LogP) is 4.91. The van der Waals surface area contributed by atoms with Gasteiger partial charge in [-0.2, -0.15) is 0 Å². The first kappa shape index (κ1) is 19.8. The van der Waals surface area contributed by atoms with Crippen molar-refractivity contribution >= 4 is 40.0 Å². The third kappa shape index (κ3) is 3.31. The van der Waals surface area contributed by atoms with Crippen LogP contribution in [0.2, 0.25) is 5.02 Å². The number of ether oxygens (including phenoxy) is 1. The number of carbonyl (C=O) groups is 2. The van der Waals surface area contributed by atoms with E-state index in [2.05, 4.69) is 10.3 Å². The highest BCUT2D eigenvalue weighted by molar-refractivity contribution is 6.31. The molecule has 1 aliphatic carbocycles. The van der Waals surface area contributed by atoms with Crippen molar-refractivity contribution in [1.82, 2.24) is 10.3 Å². The second kappa shape index (κ2) is 7.85. The molecule has 3 unspecified atom stereocenters. The number of hydrogen-bond donors (Lipinski definition) is 1. The van der Waals surface area contributed by atoms with Gasteiger partial charge in [-0.1, -0.05) is 41.9 Å². The SMILES string of the molecule is COc1cccc(Cl)c1C1CCC2C(=O)N(c3cncc4ccccc34)C(=O)NC2C1. The predicted molar refractivity (Wildman–Crippen MR) is 120 cm³/mol. The first-order valence-corrected chi connectivity index (χ1v) is 10.8. The summed E-state index contributed by atoms with van der Waals surface area (Å²) in [7, 11) is 1.63. The number of fused-ring (bicyclic) bond motifs is 2. The number of urea groups is 1. The van der Waals surface area contributed by atoms with E-state index in [0.29, 0.717) is 23.6 Å². The van der Waals surface area contributed by atoms with Gasteiger partial charge < -0.3 is 10.1 Å². The molecule has 0 radical (unpaired) electrons. The van der Waals surface area contributed by atoms with E-state index >= 15 is 0 Å². The van der Waals surface area contributed by atoms with Crippen molar-refractivity contribution in [2.45, 2.75) is 31.2 Å². The number of anilines is 1. The Morgan fingerprint density at radius 1 is 1.10 bits per heavy atom. The van der Waals surface area contributed by atoms with E-state index in [1.54, 1.807) is 19.5 Å². The maximum Gasteiger partial charge on any atom is 0.329 e. The molecule has 2 heterocycles. The van der Waals surface area contributed by atoms with Crippen LogP contribution in [0.15, 0.2) is 54.9 Å². The lowest BCUT2D eigenvalue weighted by Gasteiger charge is -2.42. The number of amides is 3. The average molecular weight is 436 g/mol. The van der Waals surface area contributed by atoms with E-state index in [9.17, 15) is 9.59 Å². The minimum absolute atomic E-state index is 0.115. The van der Waals surface area contributed by atoms with Crippen LogP contribution >= 0.6 is 11.6 Å². The highest BCUT2D eigenvalue weighted by Gasteiger charge is 2.46. The third-order valence-electron chi connectivity index (χ3n) is 6.43. The molecule has 1 aromatic heterocycles. The second-order valence-electron chi connectivity index (χ2n) is 8.08. The minimum Gasteiger partial charge on any atom is -0.496 e. The fraction of sp³-hybridized carbons (Fsp3) is 0.292. The molecular formula is C24H22ClN3O3. The van der Waals surface area contributed by atoms with E-state index < -0.39 is 6.03 Å². The van der Waals surface area contributed by atoms with E-state index in [0.717, 1.165) is 28.5 Å². The lowest BCUT2D eigenvalue weighted by Crippen LogP contribution is -2.61. The van der Waals surface area contributed by atoms with Crippen LogP contribution in [0.5, 0.6) is 5.75 Å². The summed E-state index contributed by atoms with van der Waals surface area (Å²) < 4.78 is 5.52. The Hall–Kier alpha value is -3.12. The summed E-state index contributed by atoms with van der Waals surface area (Å²) >= 11 is 6.48. The van der Waals surface area contributed by atoms with Crippen LogP contribution in [0.3, 0.4) is 0 Å². The summed E-state index contributed by atoms with van der Waals surface area (Å²) in [5.74, 6) is 0.412. The quantitative estimate of drug-likeness (QED) is 0.634. The molecule has 2 fully saturated rings. The van der Waals surface area contributed by atoms with Crippen molar-refractivity contribution < 1.29 is 14.3 Å². The summed E-state index contributed by atoms with van der Waals surface area (Å²) in [5.41, 5.74) is 1.47. The van der Waals surface area contributed by atoms with Crippen molar-refractivity contribution in [3.05, 3.63) is 65.4 Å². The smallest absolute Gasteiger partial charge is 0.329 e. The van der Waals surface area contributed by atoms with Gasteiger partial charge in [0.05, 0.1) is 24.9 Å². The van der Waals surface area contributed by atoms with Gasteiger partial charge in [-0.25, -0.2) is 9.69 Å². The Labute approximate surface area is 185 Å². The molecular weight excluding hydrogens is 414 g/mol. The van der Waals surface area contributed by atoms with Crippen molar-refractivity contribution in [1.29, 1.82) is 0 Å². The Morgan fingerprint density at radius 3 is 2.77 bits per heavy atom. The molecule has 6 nitrogen and oxygen atoms in total. The van der Waals surface area contributed by atoms with E-state index in [4.69, 9.17) is 16.3 Å². The van der Waals surface area contributed by atoms with E-state index in [-0.39, 0.29) is 23.8 Å². The molecule has 2 aromatic carbocycles. The average Bonchev–Trinajstić information content (AvgIpc) is 2.78. The Morgan fingerprint density at radius 2 is 1.94 bits per heavy atom. The number of carbonyl (C=O) groups excluding carboxylic acids is 2. The number of halogens is 1. The Kier molecular flexibility index (Phi) is 5.02. The van der Waals surface area contributed by atoms with Crippen LogP contribution in [-0.4, -0.2) is 30.1 Å². The minimum atomic E-state index is -0.406. The van der Waals surface area contributed by atoms with Gasteiger partial charge in [-0.05, 0) is 37.3 Å². The van der Waals surface area contributed by atoms with Gasteiger partial charge in [0.15, 0.2) is 0 Å². The summed E-state index contributed by atoms with van der Waals surface area (Å²) in [6.07, 6.45) is 5.42. The molecule has 0 spiro atoms. The van der Waals surface area contributed by atoms with Crippen LogP contribution in [0.1, 0.15) is 30.7 Å². The standard InChI is InChI=1S/C24H22ClN3O3/c1-31-21-8-4-7-18(25)22(21)14-9-10-17-19(11-14)27-24(30)28(23(17)29)20-13-26-12-15-5-2-3-6-16(15)20/h2-8,12-14,17,19H,9-11H2,1H3,(H,27,30). The molecule has 2 aliphatic rings. The van der Waals surface area contributed by atoms with Crippen LogP contribution in [0.4, 0.5) is 10.5 Å². The second-order valence-corrected chi connectivity index (χ2v) is 8.49. The maximum absolute atomic E-state index is 13.4. The third-order valence-corrected chi connectivity index (χ3v) is 6.76. The number of aromatic nitrogens is 1. The molecule has 7 heteroatoms. The molecule has 0 bridgehead atoms. The lowest BCUT2D eigenvalue weighted by molar-refractivity contribution is -0.124. The number of nitrogens with one attached hydrogen (secondary N) is 1. The van der Waals surface area contributed by atoms with Crippen LogP contribution in [-0.2, 0) is 4.79 Å². The molecule has 3 atom stereocenters. The zero-order valence-electron chi connectivity index (χ0n) is 17.0. The molecule has 1 saturated carbocycles. The molecule has 1 saturated heterocycles. The van der Waals surface area contributed by atoms with Gasteiger partial charge in [0, 0.05) is 33.6 Å². The molecule has 5 rings (SSSR count). The Bertz CT molecular complexity index is 1180. The summed E-state index contributed by atoms with van der Waals surface area (Å²) in [5, 5.41) is 5.44. The Balaban J connectivity index is 1.44. The highest BCUT2D eigenvalue weighted by atomic mass is 35.5. The van der Waals surface area contributed by atoms with Gasteiger partial charge in [-0.3, -0.25) is 9.78 Å². The normalized spacial score (nSPS) is 23.4. The fourth-order valence-corrected chi connectivity index (χ4v) is 5.30. The highest BCUT2D eigenvalue weighted by Crippen LogP contribution is 2.44. The van der Waals surface area contributed by atoms with E-state index in [1.807, 2.05) is 42.5 Å². The number of pyridine rings is 1. The number of methoxy groups -OCH3 is 1. The van der Waals surface area contributed by atoms with Gasteiger partial charge in [0.2, 0.25) is 5.91 Å². The summed E-state index contributed by atoms with van der Waals surface area (Å²) in [6.45, 7) is 0. The first-order chi connectivity index (χ1) is 15.1. The van der Waals surface area contributed by atoms with Gasteiger partial charge in [-0.15, -0.1) is 0 Å². The number of imide groups is 1. The van der Waals surface area contributed by atoms with Gasteiger partial charge >= 0.3 is 6.03 Å². The van der Waals surface area contributed by atoms with Crippen molar-refractivity contribution in [3.63, 3.8) is 0 Å². The number of nitrogens with zero attached hydrogens (tertiary/aromatic N) is 2. The number of hydrogen-bond acceptors (Lipinski definition) is 4. The van der Waals surface area contributed by atoms with Crippen molar-refractivity contribution in [2.75, 3.05) is 12.0 Å². The van der Waals surface area contributed by atoms with Gasteiger partial charge in [0.1, 0.15) is 5.75 Å². The van der Waals surface area contributed by atoms with Crippen molar-refractivity contribution in [3.8, 4) is 5.75 Å². The zero-order valence-corrected chi connectivity index (χ0v) is 17.8. The molecule has 1 aliphatic heterocycles. The largest absolute Gasteiger partial charge is 0.496 e. The molecule has 31 heavy (non-hydrogen) atoms. The van der Waals surface area contributed by atoms with Crippen LogP contribution in [0, 0.1) is 5.92 Å². The molecule has 158 valence electrons. The topological polar surface area (TPSA) is 71.5 Å². The van der Waals surface area contributed by atoms with Crippen molar-refractivity contribution in [2.24, 2.45) is 5.92 Å². The summed E-state index contributed by atoms with van der Waals surface area (Å²) in [4.78, 5) is 32.0. The molecule has 3 aromatic rings. The lowest BCUT2D eigenvalue weighted by atomic mass is 9.74. The molecule has 1 N–H and O–H groups in total. The van der Waals surface area contributed by atoms with E-state index in [1.165, 1.54) is 4.90 Å². The van der Waals surface area contributed by atoms with Crippen LogP contribution < -0.4 is 15.0 Å². The first-order valence-electron chi connectivity index (χ1n) is 10.4.